The molecule has 0 radical (unpaired) electrons. The van der Waals surface area contributed by atoms with E-state index in [0.29, 0.717) is 23.2 Å². The summed E-state index contributed by atoms with van der Waals surface area (Å²) in [7, 11) is 0. The zero-order valence-electron chi connectivity index (χ0n) is 8.85. The second kappa shape index (κ2) is 3.95. The number of ketones is 1. The standard InChI is InChI=1S/C14H12OS/c15-11-8-14(16-9-11)13-7-3-5-10-4-1-2-6-12(10)13/h1-7,14H,8-9H2. The van der Waals surface area contributed by atoms with Crippen molar-refractivity contribution in [3.63, 3.8) is 0 Å². The third kappa shape index (κ3) is 1.63. The lowest BCUT2D eigenvalue weighted by atomic mass is 10.00. The Morgan fingerprint density at radius 1 is 1.06 bits per heavy atom. The molecule has 80 valence electrons. The zero-order chi connectivity index (χ0) is 11.0. The number of benzene rings is 2. The summed E-state index contributed by atoms with van der Waals surface area (Å²) in [6.45, 7) is 0. The first-order valence-electron chi connectivity index (χ1n) is 5.45. The molecular formula is C14H12OS. The summed E-state index contributed by atoms with van der Waals surface area (Å²) in [4.78, 5) is 11.3. The molecule has 1 aliphatic heterocycles. The summed E-state index contributed by atoms with van der Waals surface area (Å²) in [5.74, 6) is 1.05. The summed E-state index contributed by atoms with van der Waals surface area (Å²) >= 11 is 1.77. The van der Waals surface area contributed by atoms with Crippen LogP contribution < -0.4 is 0 Å². The van der Waals surface area contributed by atoms with Gasteiger partial charge >= 0.3 is 0 Å². The highest BCUT2D eigenvalue weighted by Gasteiger charge is 2.25. The maximum absolute atomic E-state index is 11.3. The van der Waals surface area contributed by atoms with Crippen LogP contribution in [0.3, 0.4) is 0 Å². The Labute approximate surface area is 98.9 Å². The van der Waals surface area contributed by atoms with Gasteiger partial charge in [-0.15, -0.1) is 11.8 Å². The van der Waals surface area contributed by atoms with Crippen molar-refractivity contribution in [2.24, 2.45) is 0 Å². The largest absolute Gasteiger partial charge is 0.299 e. The number of Topliss-reactive ketones (excluding diaryl/α,β-unsaturated/α-hetero) is 1. The molecule has 1 aliphatic rings. The molecule has 1 nitrogen and oxygen atoms in total. The van der Waals surface area contributed by atoms with Crippen LogP contribution in [0.5, 0.6) is 0 Å². The van der Waals surface area contributed by atoms with Gasteiger partial charge in [0.15, 0.2) is 0 Å². The first kappa shape index (κ1) is 9.91. The lowest BCUT2D eigenvalue weighted by Crippen LogP contribution is -1.94. The second-order valence-electron chi connectivity index (χ2n) is 4.11. The minimum absolute atomic E-state index is 0.360. The third-order valence-electron chi connectivity index (χ3n) is 3.03. The van der Waals surface area contributed by atoms with Gasteiger partial charge in [-0.2, -0.15) is 0 Å². The number of fused-ring (bicyclic) bond motifs is 1. The van der Waals surface area contributed by atoms with Crippen LogP contribution in [-0.4, -0.2) is 11.5 Å². The summed E-state index contributed by atoms with van der Waals surface area (Å²) in [6, 6.07) is 14.8. The van der Waals surface area contributed by atoms with Gasteiger partial charge in [-0.3, -0.25) is 4.79 Å². The van der Waals surface area contributed by atoms with E-state index in [1.165, 1.54) is 16.3 Å². The average Bonchev–Trinajstić information content (AvgIpc) is 2.75. The monoisotopic (exact) mass is 228 g/mol. The van der Waals surface area contributed by atoms with Crippen molar-refractivity contribution in [1.29, 1.82) is 0 Å². The summed E-state index contributed by atoms with van der Waals surface area (Å²) in [5, 5.41) is 2.91. The molecule has 0 spiro atoms. The van der Waals surface area contributed by atoms with Crippen LogP contribution in [-0.2, 0) is 4.79 Å². The molecule has 0 amide bonds. The number of carbonyl (C=O) groups is 1. The fourth-order valence-electron chi connectivity index (χ4n) is 2.25. The Hall–Kier alpha value is -1.28. The molecule has 16 heavy (non-hydrogen) atoms. The van der Waals surface area contributed by atoms with Crippen molar-refractivity contribution >= 4 is 28.3 Å². The van der Waals surface area contributed by atoms with Crippen molar-refractivity contribution in [3.05, 3.63) is 48.0 Å². The number of hydrogen-bond donors (Lipinski definition) is 0. The molecule has 2 aromatic rings. The minimum atomic E-state index is 0.360. The number of hydrogen-bond acceptors (Lipinski definition) is 2. The van der Waals surface area contributed by atoms with Gasteiger partial charge in [0, 0.05) is 11.7 Å². The first-order chi connectivity index (χ1) is 7.84. The SMILES string of the molecule is O=C1CSC(c2cccc3ccccc23)C1. The van der Waals surface area contributed by atoms with Gasteiger partial charge in [-0.25, -0.2) is 0 Å². The molecule has 1 saturated heterocycles. The van der Waals surface area contributed by atoms with Gasteiger partial charge in [-0.05, 0) is 16.3 Å². The highest BCUT2D eigenvalue weighted by Crippen LogP contribution is 2.40. The quantitative estimate of drug-likeness (QED) is 0.742. The van der Waals surface area contributed by atoms with E-state index in [2.05, 4.69) is 42.5 Å². The molecule has 0 bridgehead atoms. The normalized spacial score (nSPS) is 20.5. The maximum Gasteiger partial charge on any atom is 0.144 e. The lowest BCUT2D eigenvalue weighted by Gasteiger charge is -2.11. The van der Waals surface area contributed by atoms with E-state index in [-0.39, 0.29) is 0 Å². The predicted molar refractivity (Wildman–Crippen MR) is 68.8 cm³/mol. The smallest absolute Gasteiger partial charge is 0.144 e. The highest BCUT2D eigenvalue weighted by molar-refractivity contribution is 8.00. The summed E-state index contributed by atoms with van der Waals surface area (Å²) in [6.07, 6.45) is 0.693. The van der Waals surface area contributed by atoms with Crippen LogP contribution in [0.1, 0.15) is 17.2 Å². The van der Waals surface area contributed by atoms with E-state index in [1.54, 1.807) is 11.8 Å². The second-order valence-corrected chi connectivity index (χ2v) is 5.30. The molecular weight excluding hydrogens is 216 g/mol. The van der Waals surface area contributed by atoms with Gasteiger partial charge < -0.3 is 0 Å². The first-order valence-corrected chi connectivity index (χ1v) is 6.50. The molecule has 0 saturated carbocycles. The van der Waals surface area contributed by atoms with Crippen molar-refractivity contribution in [1.82, 2.24) is 0 Å². The number of thioether (sulfide) groups is 1. The van der Waals surface area contributed by atoms with E-state index in [4.69, 9.17) is 0 Å². The van der Waals surface area contributed by atoms with Crippen LogP contribution in [0.15, 0.2) is 42.5 Å². The van der Waals surface area contributed by atoms with Crippen LogP contribution in [0.4, 0.5) is 0 Å². The number of carbonyl (C=O) groups excluding carboxylic acids is 1. The van der Waals surface area contributed by atoms with E-state index in [0.717, 1.165) is 0 Å². The van der Waals surface area contributed by atoms with Crippen LogP contribution >= 0.6 is 11.8 Å². The van der Waals surface area contributed by atoms with Gasteiger partial charge in [0.2, 0.25) is 0 Å². The van der Waals surface area contributed by atoms with Crippen molar-refractivity contribution in [2.75, 3.05) is 5.75 Å². The van der Waals surface area contributed by atoms with Gasteiger partial charge in [0.25, 0.3) is 0 Å². The molecule has 2 aromatic carbocycles. The minimum Gasteiger partial charge on any atom is -0.299 e. The maximum atomic E-state index is 11.3. The van der Waals surface area contributed by atoms with E-state index >= 15 is 0 Å². The molecule has 3 rings (SSSR count). The molecule has 0 aromatic heterocycles. The molecule has 0 aliphatic carbocycles. The fraction of sp³-hybridized carbons (Fsp3) is 0.214. The van der Waals surface area contributed by atoms with Crippen LogP contribution in [0.25, 0.3) is 10.8 Å². The Morgan fingerprint density at radius 2 is 1.88 bits per heavy atom. The van der Waals surface area contributed by atoms with Gasteiger partial charge in [0.05, 0.1) is 5.75 Å². The Morgan fingerprint density at radius 3 is 2.69 bits per heavy atom. The fourth-order valence-corrected chi connectivity index (χ4v) is 3.44. The number of rotatable bonds is 1. The van der Waals surface area contributed by atoms with Crippen LogP contribution in [0.2, 0.25) is 0 Å². The van der Waals surface area contributed by atoms with Gasteiger partial charge in [-0.1, -0.05) is 42.5 Å². The zero-order valence-corrected chi connectivity index (χ0v) is 9.67. The van der Waals surface area contributed by atoms with Crippen LogP contribution in [0, 0.1) is 0 Å². The molecule has 1 heterocycles. The molecule has 1 unspecified atom stereocenters. The van der Waals surface area contributed by atoms with E-state index < -0.39 is 0 Å². The highest BCUT2D eigenvalue weighted by atomic mass is 32.2. The van der Waals surface area contributed by atoms with Crippen molar-refractivity contribution in [2.45, 2.75) is 11.7 Å². The Kier molecular flexibility index (Phi) is 2.44. The van der Waals surface area contributed by atoms with Crippen molar-refractivity contribution in [3.8, 4) is 0 Å². The lowest BCUT2D eigenvalue weighted by molar-refractivity contribution is -0.116. The van der Waals surface area contributed by atoms with E-state index in [9.17, 15) is 4.79 Å². The summed E-state index contributed by atoms with van der Waals surface area (Å²) < 4.78 is 0. The molecule has 2 heteroatoms. The topological polar surface area (TPSA) is 17.1 Å². The molecule has 0 N–H and O–H groups in total. The Balaban J connectivity index is 2.13. The predicted octanol–water partition coefficient (Wildman–Crippen LogP) is 3.59. The van der Waals surface area contributed by atoms with Crippen molar-refractivity contribution < 1.29 is 4.79 Å². The van der Waals surface area contributed by atoms with Gasteiger partial charge in [0.1, 0.15) is 5.78 Å². The molecule has 1 atom stereocenters. The van der Waals surface area contributed by atoms with E-state index in [1.807, 2.05) is 0 Å². The third-order valence-corrected chi connectivity index (χ3v) is 4.34. The summed E-state index contributed by atoms with van der Waals surface area (Å²) in [5.41, 5.74) is 1.31. The average molecular weight is 228 g/mol. The molecule has 1 fully saturated rings. The Bertz CT molecular complexity index is 542.